The molecule has 1 aliphatic carbocycles. The van der Waals surface area contributed by atoms with E-state index in [9.17, 15) is 5.11 Å². The number of methoxy groups -OCH3 is 1. The first kappa shape index (κ1) is 19.0. The van der Waals surface area contributed by atoms with E-state index in [1.54, 1.807) is 13.4 Å². The van der Waals surface area contributed by atoms with Crippen LogP contribution in [0, 0.1) is 0 Å². The molecule has 28 heavy (non-hydrogen) atoms. The highest BCUT2D eigenvalue weighted by Crippen LogP contribution is 2.38. The Morgan fingerprint density at radius 3 is 2.86 bits per heavy atom. The van der Waals surface area contributed by atoms with Gasteiger partial charge in [-0.15, -0.1) is 0 Å². The van der Waals surface area contributed by atoms with Crippen molar-refractivity contribution in [2.45, 2.75) is 43.4 Å². The van der Waals surface area contributed by atoms with Gasteiger partial charge in [0.1, 0.15) is 23.7 Å². The van der Waals surface area contributed by atoms with Gasteiger partial charge < -0.3 is 25.4 Å². The maximum atomic E-state index is 10.2. The number of hydrogen-bond acceptors (Lipinski definition) is 7. The van der Waals surface area contributed by atoms with Gasteiger partial charge in [0, 0.05) is 38.3 Å². The van der Waals surface area contributed by atoms with Crippen molar-refractivity contribution in [3.05, 3.63) is 42.2 Å². The molecular weight excluding hydrogens is 354 g/mol. The summed E-state index contributed by atoms with van der Waals surface area (Å²) in [4.78, 5) is 10.8. The van der Waals surface area contributed by atoms with Crippen LogP contribution in [0.5, 0.6) is 5.75 Å². The van der Waals surface area contributed by atoms with Crippen molar-refractivity contribution < 1.29 is 9.84 Å². The summed E-state index contributed by atoms with van der Waals surface area (Å²) in [5.41, 5.74) is 1.36. The highest BCUT2D eigenvalue weighted by Gasteiger charge is 2.35. The van der Waals surface area contributed by atoms with Crippen LogP contribution in [0.1, 0.15) is 30.7 Å². The topological polar surface area (TPSA) is 82.5 Å². The lowest BCUT2D eigenvalue weighted by Crippen LogP contribution is -2.46. The molecule has 1 saturated carbocycles. The fourth-order valence-corrected chi connectivity index (χ4v) is 4.26. The zero-order chi connectivity index (χ0) is 19.5. The number of ether oxygens (including phenoxy) is 1. The monoisotopic (exact) mass is 383 g/mol. The van der Waals surface area contributed by atoms with E-state index in [0.29, 0.717) is 18.5 Å². The van der Waals surface area contributed by atoms with Gasteiger partial charge in [-0.1, -0.05) is 12.1 Å². The summed E-state index contributed by atoms with van der Waals surface area (Å²) in [7, 11) is 3.56. The molecule has 1 aromatic carbocycles. The predicted molar refractivity (Wildman–Crippen MR) is 110 cm³/mol. The second kappa shape index (κ2) is 8.32. The number of aromatic nitrogens is 2. The number of anilines is 2. The highest BCUT2D eigenvalue weighted by molar-refractivity contribution is 5.50. The Bertz CT molecular complexity index is 796. The maximum Gasteiger partial charge on any atom is 0.134 e. The van der Waals surface area contributed by atoms with Gasteiger partial charge in [-0.05, 0) is 42.9 Å². The molecule has 0 amide bonds. The largest absolute Gasteiger partial charge is 0.497 e. The number of benzene rings is 1. The molecule has 1 saturated heterocycles. The molecule has 0 unspecified atom stereocenters. The molecule has 150 valence electrons. The van der Waals surface area contributed by atoms with Gasteiger partial charge in [-0.25, -0.2) is 9.97 Å². The van der Waals surface area contributed by atoms with Crippen LogP contribution in [-0.2, 0) is 0 Å². The van der Waals surface area contributed by atoms with Gasteiger partial charge >= 0.3 is 0 Å². The Morgan fingerprint density at radius 2 is 2.07 bits per heavy atom. The Morgan fingerprint density at radius 1 is 1.21 bits per heavy atom. The molecule has 0 radical (unpaired) electrons. The zero-order valence-electron chi connectivity index (χ0n) is 16.5. The summed E-state index contributed by atoms with van der Waals surface area (Å²) in [6, 6.07) is 11.1. The van der Waals surface area contributed by atoms with Crippen molar-refractivity contribution in [2.24, 2.45) is 0 Å². The lowest BCUT2D eigenvalue weighted by molar-refractivity contribution is 0.192. The van der Waals surface area contributed by atoms with E-state index in [-0.39, 0.29) is 12.1 Å². The molecular formula is C21H29N5O2. The summed E-state index contributed by atoms with van der Waals surface area (Å²) >= 11 is 0. The Balaban J connectivity index is 1.31. The van der Waals surface area contributed by atoms with Crippen molar-refractivity contribution in [1.82, 2.24) is 15.3 Å². The average molecular weight is 383 g/mol. The van der Waals surface area contributed by atoms with Crippen LogP contribution in [0.25, 0.3) is 0 Å². The smallest absolute Gasteiger partial charge is 0.134 e. The number of rotatable bonds is 7. The quantitative estimate of drug-likeness (QED) is 0.675. The van der Waals surface area contributed by atoms with E-state index >= 15 is 0 Å². The fraction of sp³-hybridized carbons (Fsp3) is 0.524. The third-order valence-corrected chi connectivity index (χ3v) is 5.94. The summed E-state index contributed by atoms with van der Waals surface area (Å²) in [6.07, 6.45) is 4.30. The molecule has 7 heteroatoms. The van der Waals surface area contributed by atoms with Gasteiger partial charge in [-0.2, -0.15) is 0 Å². The molecule has 2 atom stereocenters. The molecule has 4 rings (SSSR count). The SMILES string of the molecule is CNc1cc(N2C[C@H](O)C[C@@H]2CNC2CC(c3cccc(OC)c3)C2)ncn1. The molecule has 2 aliphatic rings. The van der Waals surface area contributed by atoms with Crippen LogP contribution in [0.15, 0.2) is 36.7 Å². The van der Waals surface area contributed by atoms with Crippen LogP contribution in [0.4, 0.5) is 11.6 Å². The normalized spacial score (nSPS) is 26.8. The second-order valence-electron chi connectivity index (χ2n) is 7.76. The number of nitrogens with zero attached hydrogens (tertiary/aromatic N) is 3. The standard InChI is InChI=1S/C21H29N5O2/c1-22-20-10-21(25-13-24-20)26-12-18(27)9-17(26)11-23-16-6-15(7-16)14-4-3-5-19(8-14)28-2/h3-5,8,10,13,15-18,23,27H,6-7,9,11-12H2,1-2H3,(H,22,24,25)/t15?,16?,17-,18-/m1/s1. The van der Waals surface area contributed by atoms with E-state index in [4.69, 9.17) is 4.74 Å². The molecule has 1 aromatic heterocycles. The van der Waals surface area contributed by atoms with Crippen LogP contribution in [0.3, 0.4) is 0 Å². The summed E-state index contributed by atoms with van der Waals surface area (Å²) in [6.45, 7) is 1.47. The molecule has 2 fully saturated rings. The average Bonchev–Trinajstić information content (AvgIpc) is 3.07. The molecule has 0 spiro atoms. The van der Waals surface area contributed by atoms with E-state index in [0.717, 1.165) is 43.2 Å². The maximum absolute atomic E-state index is 10.2. The van der Waals surface area contributed by atoms with Crippen molar-refractivity contribution >= 4 is 11.6 Å². The highest BCUT2D eigenvalue weighted by atomic mass is 16.5. The van der Waals surface area contributed by atoms with E-state index in [2.05, 4.69) is 43.7 Å². The van der Waals surface area contributed by atoms with Crippen molar-refractivity contribution in [1.29, 1.82) is 0 Å². The first-order valence-corrected chi connectivity index (χ1v) is 9.98. The minimum atomic E-state index is -0.314. The van der Waals surface area contributed by atoms with Gasteiger partial charge in [0.05, 0.1) is 13.2 Å². The minimum Gasteiger partial charge on any atom is -0.497 e. The first-order chi connectivity index (χ1) is 13.7. The first-order valence-electron chi connectivity index (χ1n) is 9.98. The number of β-amino-alcohol motifs (C(OH)–C–C–N with tert-alkyl or cyclic N) is 1. The van der Waals surface area contributed by atoms with Crippen molar-refractivity contribution in [2.75, 3.05) is 37.5 Å². The van der Waals surface area contributed by atoms with Crippen LogP contribution >= 0.6 is 0 Å². The third-order valence-electron chi connectivity index (χ3n) is 5.94. The molecule has 3 N–H and O–H groups in total. The Kier molecular flexibility index (Phi) is 5.64. The molecule has 0 bridgehead atoms. The second-order valence-corrected chi connectivity index (χ2v) is 7.76. The minimum absolute atomic E-state index is 0.241. The van der Waals surface area contributed by atoms with E-state index < -0.39 is 0 Å². The Hall–Kier alpha value is -2.38. The summed E-state index contributed by atoms with van der Waals surface area (Å²) < 4.78 is 5.34. The van der Waals surface area contributed by atoms with Gasteiger partial charge in [0.15, 0.2) is 0 Å². The van der Waals surface area contributed by atoms with Gasteiger partial charge in [0.25, 0.3) is 0 Å². The lowest BCUT2D eigenvalue weighted by atomic mass is 9.76. The number of aliphatic hydroxyl groups excluding tert-OH is 1. The molecule has 7 nitrogen and oxygen atoms in total. The molecule has 2 aromatic rings. The number of nitrogens with one attached hydrogen (secondary N) is 2. The number of aliphatic hydroxyl groups is 1. The molecule has 2 heterocycles. The molecule has 1 aliphatic heterocycles. The lowest BCUT2D eigenvalue weighted by Gasteiger charge is -2.38. The van der Waals surface area contributed by atoms with Crippen LogP contribution in [0.2, 0.25) is 0 Å². The van der Waals surface area contributed by atoms with Crippen LogP contribution < -0.4 is 20.3 Å². The van der Waals surface area contributed by atoms with Crippen LogP contribution in [-0.4, -0.2) is 60.5 Å². The third kappa shape index (κ3) is 4.05. The summed E-state index contributed by atoms with van der Waals surface area (Å²) in [5.74, 6) is 3.18. The predicted octanol–water partition coefficient (Wildman–Crippen LogP) is 2.00. The van der Waals surface area contributed by atoms with Gasteiger partial charge in [-0.3, -0.25) is 0 Å². The number of hydrogen-bond donors (Lipinski definition) is 3. The Labute approximate surface area is 166 Å². The van der Waals surface area contributed by atoms with E-state index in [1.807, 2.05) is 19.2 Å². The summed E-state index contributed by atoms with van der Waals surface area (Å²) in [5, 5.41) is 16.9. The van der Waals surface area contributed by atoms with Gasteiger partial charge in [0.2, 0.25) is 0 Å². The zero-order valence-corrected chi connectivity index (χ0v) is 16.5. The van der Waals surface area contributed by atoms with E-state index in [1.165, 1.54) is 5.56 Å². The fourth-order valence-electron chi connectivity index (χ4n) is 4.26. The van der Waals surface area contributed by atoms with Crippen molar-refractivity contribution in [3.8, 4) is 5.75 Å². The van der Waals surface area contributed by atoms with Crippen molar-refractivity contribution in [3.63, 3.8) is 0 Å².